The van der Waals surface area contributed by atoms with Crippen molar-refractivity contribution in [1.29, 1.82) is 0 Å². The predicted molar refractivity (Wildman–Crippen MR) is 141 cm³/mol. The number of nitrogens with zero attached hydrogens (tertiary/aromatic N) is 4. The maximum atomic E-state index is 14.5. The summed E-state index contributed by atoms with van der Waals surface area (Å²) in [4.78, 5) is 24.9. The summed E-state index contributed by atoms with van der Waals surface area (Å²) in [5.41, 5.74) is 0.872. The standard InChI is InChI=1S/C27H31ClFN5O3/c1-33(2)27(35)16-13-34(14-16)17-7-9-18(10-8-17)37-24-11-19-22(12-23(24)36-3)30-15-31-26(19)32-21-6-4-5-20(28)25(21)29/h4-6,11-12,15-18H,7-10,13-14H2,1-3H3,(H,30,31,32)/t17-,18+. The fraction of sp³-hybridized carbons (Fsp3) is 0.444. The van der Waals surface area contributed by atoms with Crippen LogP contribution in [0.4, 0.5) is 15.9 Å². The molecular formula is C27H31ClFN5O3. The fourth-order valence-corrected chi connectivity index (χ4v) is 5.36. The summed E-state index contributed by atoms with van der Waals surface area (Å²) in [5.74, 6) is 1.42. The lowest BCUT2D eigenvalue weighted by Crippen LogP contribution is -2.57. The second-order valence-electron chi connectivity index (χ2n) is 9.90. The van der Waals surface area contributed by atoms with Gasteiger partial charge in [0.15, 0.2) is 17.3 Å². The van der Waals surface area contributed by atoms with Crippen molar-refractivity contribution in [2.24, 2.45) is 5.92 Å². The van der Waals surface area contributed by atoms with Gasteiger partial charge in [-0.25, -0.2) is 14.4 Å². The maximum Gasteiger partial charge on any atom is 0.227 e. The van der Waals surface area contributed by atoms with Crippen LogP contribution in [0.3, 0.4) is 0 Å². The van der Waals surface area contributed by atoms with Crippen LogP contribution in [0, 0.1) is 11.7 Å². The molecule has 1 aliphatic heterocycles. The highest BCUT2D eigenvalue weighted by atomic mass is 35.5. The third-order valence-corrected chi connectivity index (χ3v) is 7.57. The van der Waals surface area contributed by atoms with Gasteiger partial charge in [0, 0.05) is 44.7 Å². The summed E-state index contributed by atoms with van der Waals surface area (Å²) in [6, 6.07) is 8.91. The van der Waals surface area contributed by atoms with Gasteiger partial charge in [0.1, 0.15) is 12.1 Å². The van der Waals surface area contributed by atoms with Gasteiger partial charge >= 0.3 is 0 Å². The molecule has 2 fully saturated rings. The Morgan fingerprint density at radius 2 is 1.89 bits per heavy atom. The van der Waals surface area contributed by atoms with Gasteiger partial charge in [0.2, 0.25) is 5.91 Å². The van der Waals surface area contributed by atoms with E-state index in [9.17, 15) is 9.18 Å². The van der Waals surface area contributed by atoms with Crippen molar-refractivity contribution in [1.82, 2.24) is 19.8 Å². The fourth-order valence-electron chi connectivity index (χ4n) is 5.18. The number of anilines is 2. The number of carbonyl (C=O) groups is 1. The number of benzene rings is 2. The van der Waals surface area contributed by atoms with E-state index in [0.29, 0.717) is 34.3 Å². The van der Waals surface area contributed by atoms with Crippen LogP contribution in [-0.2, 0) is 4.79 Å². The van der Waals surface area contributed by atoms with Crippen LogP contribution in [0.2, 0.25) is 5.02 Å². The first-order valence-corrected chi connectivity index (χ1v) is 12.9. The molecule has 2 aliphatic rings. The Morgan fingerprint density at radius 3 is 2.59 bits per heavy atom. The van der Waals surface area contributed by atoms with Crippen molar-refractivity contribution in [2.75, 3.05) is 39.6 Å². The van der Waals surface area contributed by atoms with Crippen LogP contribution in [-0.4, -0.2) is 72.1 Å². The molecule has 8 nitrogen and oxygen atoms in total. The van der Waals surface area contributed by atoms with E-state index in [-0.39, 0.29) is 28.6 Å². The maximum absolute atomic E-state index is 14.5. The van der Waals surface area contributed by atoms with Gasteiger partial charge in [-0.3, -0.25) is 9.69 Å². The molecular weight excluding hydrogens is 497 g/mol. The second kappa shape index (κ2) is 10.7. The molecule has 0 unspecified atom stereocenters. The Morgan fingerprint density at radius 1 is 1.14 bits per heavy atom. The summed E-state index contributed by atoms with van der Waals surface area (Å²) in [7, 11) is 5.23. The summed E-state index contributed by atoms with van der Waals surface area (Å²) in [5, 5.41) is 3.75. The molecule has 0 bridgehead atoms. The molecule has 2 heterocycles. The number of aromatic nitrogens is 2. The zero-order valence-electron chi connectivity index (χ0n) is 21.2. The number of hydrogen-bond acceptors (Lipinski definition) is 7. The van der Waals surface area contributed by atoms with E-state index < -0.39 is 5.82 Å². The Hall–Kier alpha value is -3.17. The number of rotatable bonds is 7. The summed E-state index contributed by atoms with van der Waals surface area (Å²) < 4.78 is 26.5. The Labute approximate surface area is 220 Å². The lowest BCUT2D eigenvalue weighted by molar-refractivity contribution is -0.140. The van der Waals surface area contributed by atoms with Crippen LogP contribution < -0.4 is 14.8 Å². The van der Waals surface area contributed by atoms with E-state index in [1.165, 1.54) is 12.4 Å². The van der Waals surface area contributed by atoms with Crippen LogP contribution in [0.1, 0.15) is 25.7 Å². The Balaban J connectivity index is 1.28. The molecule has 37 heavy (non-hydrogen) atoms. The quantitative estimate of drug-likeness (QED) is 0.469. The molecule has 1 saturated heterocycles. The Kier molecular flexibility index (Phi) is 7.35. The smallest absolute Gasteiger partial charge is 0.227 e. The van der Waals surface area contributed by atoms with Gasteiger partial charge in [0.25, 0.3) is 0 Å². The number of halogens is 2. The minimum Gasteiger partial charge on any atom is -0.493 e. The van der Waals surface area contributed by atoms with Crippen molar-refractivity contribution in [3.63, 3.8) is 0 Å². The summed E-state index contributed by atoms with van der Waals surface area (Å²) >= 11 is 5.94. The van der Waals surface area contributed by atoms with Crippen molar-refractivity contribution >= 4 is 39.9 Å². The first kappa shape index (κ1) is 25.5. The van der Waals surface area contributed by atoms with E-state index in [4.69, 9.17) is 21.1 Å². The van der Waals surface area contributed by atoms with Gasteiger partial charge in [-0.15, -0.1) is 0 Å². The molecule has 196 valence electrons. The number of fused-ring (bicyclic) bond motifs is 1. The van der Waals surface area contributed by atoms with Crippen molar-refractivity contribution < 1.29 is 18.7 Å². The number of amides is 1. The molecule has 1 saturated carbocycles. The lowest BCUT2D eigenvalue weighted by Gasteiger charge is -2.46. The Bertz CT molecular complexity index is 1290. The van der Waals surface area contributed by atoms with Crippen LogP contribution in [0.5, 0.6) is 11.5 Å². The second-order valence-corrected chi connectivity index (χ2v) is 10.3. The average Bonchev–Trinajstić information content (AvgIpc) is 2.86. The summed E-state index contributed by atoms with van der Waals surface area (Å²) in [6.07, 6.45) is 5.34. The van der Waals surface area contributed by atoms with Crippen LogP contribution in [0.15, 0.2) is 36.7 Å². The zero-order valence-corrected chi connectivity index (χ0v) is 22.0. The van der Waals surface area contributed by atoms with Crippen molar-refractivity contribution in [3.8, 4) is 11.5 Å². The number of nitrogens with one attached hydrogen (secondary N) is 1. The first-order valence-electron chi connectivity index (χ1n) is 12.5. The minimum absolute atomic E-state index is 0.0303. The number of likely N-dealkylation sites (tertiary alicyclic amines) is 1. The molecule has 0 radical (unpaired) electrons. The van der Waals surface area contributed by atoms with Gasteiger partial charge in [-0.1, -0.05) is 17.7 Å². The zero-order chi connectivity index (χ0) is 26.1. The SMILES string of the molecule is COc1cc2ncnc(Nc3cccc(Cl)c3F)c2cc1O[C@H]1CC[C@@H](N2CC(C(=O)N(C)C)C2)CC1. The third kappa shape index (κ3) is 5.29. The highest BCUT2D eigenvalue weighted by molar-refractivity contribution is 6.31. The van der Waals surface area contributed by atoms with Crippen LogP contribution >= 0.6 is 11.6 Å². The molecule has 0 atom stereocenters. The van der Waals surface area contributed by atoms with Crippen molar-refractivity contribution in [2.45, 2.75) is 37.8 Å². The van der Waals surface area contributed by atoms with Gasteiger partial charge in [-0.2, -0.15) is 0 Å². The minimum atomic E-state index is -0.544. The number of hydrogen-bond donors (Lipinski definition) is 1. The molecule has 1 aliphatic carbocycles. The third-order valence-electron chi connectivity index (χ3n) is 7.28. The normalized spacial score (nSPS) is 20.4. The molecule has 2 aromatic carbocycles. The van der Waals surface area contributed by atoms with Crippen molar-refractivity contribution in [3.05, 3.63) is 47.5 Å². The van der Waals surface area contributed by atoms with Gasteiger partial charge < -0.3 is 19.7 Å². The average molecular weight is 528 g/mol. The highest BCUT2D eigenvalue weighted by Gasteiger charge is 2.39. The first-order chi connectivity index (χ1) is 17.8. The molecule has 3 aromatic rings. The lowest BCUT2D eigenvalue weighted by atomic mass is 9.87. The molecule has 1 N–H and O–H groups in total. The summed E-state index contributed by atoms with van der Waals surface area (Å²) in [6.45, 7) is 1.68. The highest BCUT2D eigenvalue weighted by Crippen LogP contribution is 2.38. The predicted octanol–water partition coefficient (Wildman–Crippen LogP) is 4.88. The van der Waals surface area contributed by atoms with Gasteiger partial charge in [-0.05, 0) is 43.9 Å². The van der Waals surface area contributed by atoms with E-state index in [1.54, 1.807) is 30.2 Å². The number of carbonyl (C=O) groups excluding carboxylic acids is 1. The molecule has 0 spiro atoms. The molecule has 5 rings (SSSR count). The van der Waals surface area contributed by atoms with Crippen LogP contribution in [0.25, 0.3) is 10.9 Å². The molecule has 10 heteroatoms. The topological polar surface area (TPSA) is 79.8 Å². The molecule has 1 aromatic heterocycles. The van der Waals surface area contributed by atoms with Gasteiger partial charge in [0.05, 0.1) is 35.4 Å². The molecule has 1 amide bonds. The number of methoxy groups -OCH3 is 1. The number of ether oxygens (including phenoxy) is 2. The monoisotopic (exact) mass is 527 g/mol. The van der Waals surface area contributed by atoms with E-state index in [2.05, 4.69) is 20.2 Å². The van der Waals surface area contributed by atoms with E-state index in [0.717, 1.165) is 38.8 Å². The van der Waals surface area contributed by atoms with E-state index in [1.807, 2.05) is 20.2 Å². The largest absolute Gasteiger partial charge is 0.493 e. The van der Waals surface area contributed by atoms with E-state index >= 15 is 0 Å².